The van der Waals surface area contributed by atoms with Gasteiger partial charge in [0.05, 0.1) is 0 Å². The molecule has 0 aliphatic carbocycles. The largest absolute Gasteiger partial charge is 0.480 e. The SMILES string of the molecule is Cc1c(C[C@H](N)C(=O)O)c2ccccc2n1Cc1ccccc1. The summed E-state index contributed by atoms with van der Waals surface area (Å²) in [6.07, 6.45) is 0.337. The first-order valence-electron chi connectivity index (χ1n) is 7.67. The maximum Gasteiger partial charge on any atom is 0.320 e. The van der Waals surface area contributed by atoms with Crippen molar-refractivity contribution in [3.63, 3.8) is 0 Å². The van der Waals surface area contributed by atoms with E-state index in [1.807, 2.05) is 43.3 Å². The van der Waals surface area contributed by atoms with E-state index in [4.69, 9.17) is 10.8 Å². The molecule has 0 amide bonds. The number of para-hydroxylation sites is 1. The van der Waals surface area contributed by atoms with Crippen LogP contribution in [0.25, 0.3) is 10.9 Å². The Hall–Kier alpha value is -2.59. The van der Waals surface area contributed by atoms with Crippen LogP contribution in [0.2, 0.25) is 0 Å². The van der Waals surface area contributed by atoms with E-state index in [-0.39, 0.29) is 0 Å². The van der Waals surface area contributed by atoms with Crippen molar-refractivity contribution in [1.82, 2.24) is 4.57 Å². The summed E-state index contributed by atoms with van der Waals surface area (Å²) in [7, 11) is 0. The average molecular weight is 308 g/mol. The second-order valence-corrected chi connectivity index (χ2v) is 5.80. The minimum atomic E-state index is -0.968. The summed E-state index contributed by atoms with van der Waals surface area (Å²) in [5.74, 6) is -0.968. The van der Waals surface area contributed by atoms with Crippen molar-refractivity contribution in [1.29, 1.82) is 0 Å². The number of benzene rings is 2. The summed E-state index contributed by atoms with van der Waals surface area (Å²) in [5, 5.41) is 10.2. The van der Waals surface area contributed by atoms with Gasteiger partial charge in [0, 0.05) is 29.6 Å². The quantitative estimate of drug-likeness (QED) is 0.761. The highest BCUT2D eigenvalue weighted by Gasteiger charge is 2.19. The molecule has 2 aromatic carbocycles. The third kappa shape index (κ3) is 2.98. The van der Waals surface area contributed by atoms with E-state index in [2.05, 4.69) is 22.8 Å². The number of rotatable bonds is 5. The van der Waals surface area contributed by atoms with Crippen LogP contribution in [-0.2, 0) is 17.8 Å². The third-order valence-corrected chi connectivity index (χ3v) is 4.29. The molecule has 118 valence electrons. The fraction of sp³-hybridized carbons (Fsp3) is 0.211. The van der Waals surface area contributed by atoms with Crippen LogP contribution < -0.4 is 5.73 Å². The standard InChI is InChI=1S/C19H20N2O2/c1-13-16(11-17(20)19(22)23)15-9-5-6-10-18(15)21(13)12-14-7-3-2-4-8-14/h2-10,17H,11-12,20H2,1H3,(H,22,23)/t17-/m0/s1. The highest BCUT2D eigenvalue weighted by atomic mass is 16.4. The number of nitrogens with zero attached hydrogens (tertiary/aromatic N) is 1. The summed E-state index contributed by atoms with van der Waals surface area (Å²) in [6.45, 7) is 2.79. The molecular formula is C19H20N2O2. The Labute approximate surface area is 135 Å². The Bertz CT molecular complexity index is 837. The van der Waals surface area contributed by atoms with Gasteiger partial charge >= 0.3 is 5.97 Å². The fourth-order valence-electron chi connectivity index (χ4n) is 3.04. The number of carboxylic acids is 1. The van der Waals surface area contributed by atoms with Gasteiger partial charge in [-0.1, -0.05) is 48.5 Å². The van der Waals surface area contributed by atoms with Gasteiger partial charge in [0.15, 0.2) is 0 Å². The van der Waals surface area contributed by atoms with Crippen LogP contribution in [0, 0.1) is 6.92 Å². The number of fused-ring (bicyclic) bond motifs is 1. The van der Waals surface area contributed by atoms with E-state index in [0.29, 0.717) is 6.42 Å². The molecule has 0 saturated carbocycles. The summed E-state index contributed by atoms with van der Waals surface area (Å²) in [4.78, 5) is 11.1. The molecule has 0 aliphatic heterocycles. The lowest BCUT2D eigenvalue weighted by Crippen LogP contribution is -2.32. The molecule has 0 radical (unpaired) electrons. The Morgan fingerprint density at radius 2 is 1.78 bits per heavy atom. The van der Waals surface area contributed by atoms with Gasteiger partial charge in [-0.25, -0.2) is 0 Å². The van der Waals surface area contributed by atoms with Gasteiger partial charge in [-0.15, -0.1) is 0 Å². The van der Waals surface area contributed by atoms with Crippen LogP contribution in [0.1, 0.15) is 16.8 Å². The van der Waals surface area contributed by atoms with Crippen LogP contribution in [0.5, 0.6) is 0 Å². The summed E-state index contributed by atoms with van der Waals surface area (Å²) < 4.78 is 2.23. The van der Waals surface area contributed by atoms with Crippen molar-refractivity contribution in [2.45, 2.75) is 25.9 Å². The molecule has 0 fully saturated rings. The van der Waals surface area contributed by atoms with Crippen molar-refractivity contribution in [3.8, 4) is 0 Å². The van der Waals surface area contributed by atoms with Gasteiger partial charge in [0.1, 0.15) is 6.04 Å². The normalized spacial score (nSPS) is 12.4. The number of aromatic nitrogens is 1. The van der Waals surface area contributed by atoms with Gasteiger partial charge in [-0.05, 0) is 24.1 Å². The Morgan fingerprint density at radius 3 is 2.48 bits per heavy atom. The second-order valence-electron chi connectivity index (χ2n) is 5.80. The first-order chi connectivity index (χ1) is 11.1. The maximum atomic E-state index is 11.1. The smallest absolute Gasteiger partial charge is 0.320 e. The molecular weight excluding hydrogens is 288 g/mol. The molecule has 3 aromatic rings. The van der Waals surface area contributed by atoms with Crippen molar-refractivity contribution in [2.24, 2.45) is 5.73 Å². The minimum absolute atomic E-state index is 0.337. The average Bonchev–Trinajstić information content (AvgIpc) is 2.82. The monoisotopic (exact) mass is 308 g/mol. The highest BCUT2D eigenvalue weighted by Crippen LogP contribution is 2.27. The van der Waals surface area contributed by atoms with Crippen molar-refractivity contribution < 1.29 is 9.90 Å². The molecule has 0 saturated heterocycles. The fourth-order valence-corrected chi connectivity index (χ4v) is 3.04. The van der Waals surface area contributed by atoms with Crippen LogP contribution in [-0.4, -0.2) is 21.7 Å². The van der Waals surface area contributed by atoms with Crippen molar-refractivity contribution in [3.05, 3.63) is 71.4 Å². The maximum absolute atomic E-state index is 11.1. The lowest BCUT2D eigenvalue weighted by molar-refractivity contribution is -0.138. The molecule has 3 N–H and O–H groups in total. The molecule has 23 heavy (non-hydrogen) atoms. The number of aliphatic carboxylic acids is 1. The zero-order chi connectivity index (χ0) is 16.4. The Balaban J connectivity index is 2.08. The lowest BCUT2D eigenvalue weighted by Gasteiger charge is -2.10. The van der Waals surface area contributed by atoms with Crippen LogP contribution in [0.3, 0.4) is 0 Å². The van der Waals surface area contributed by atoms with Gasteiger partial charge < -0.3 is 15.4 Å². The summed E-state index contributed by atoms with van der Waals surface area (Å²) in [6, 6.07) is 17.4. The van der Waals surface area contributed by atoms with Crippen LogP contribution >= 0.6 is 0 Å². The predicted molar refractivity (Wildman–Crippen MR) is 91.5 cm³/mol. The summed E-state index contributed by atoms with van der Waals surface area (Å²) >= 11 is 0. The van der Waals surface area contributed by atoms with Gasteiger partial charge in [-0.3, -0.25) is 4.79 Å². The Kier molecular flexibility index (Phi) is 4.17. The Morgan fingerprint density at radius 1 is 1.13 bits per heavy atom. The topological polar surface area (TPSA) is 68.2 Å². The van der Waals surface area contributed by atoms with E-state index in [1.165, 1.54) is 5.56 Å². The third-order valence-electron chi connectivity index (χ3n) is 4.29. The molecule has 0 aliphatic rings. The zero-order valence-electron chi connectivity index (χ0n) is 13.1. The minimum Gasteiger partial charge on any atom is -0.480 e. The second kappa shape index (κ2) is 6.26. The molecule has 0 bridgehead atoms. The molecule has 0 unspecified atom stereocenters. The highest BCUT2D eigenvalue weighted by molar-refractivity contribution is 5.86. The molecule has 3 rings (SSSR count). The molecule has 0 spiro atoms. The lowest BCUT2D eigenvalue weighted by atomic mass is 10.0. The van der Waals surface area contributed by atoms with E-state index in [9.17, 15) is 4.79 Å². The molecule has 1 atom stereocenters. The predicted octanol–water partition coefficient (Wildman–Crippen LogP) is 2.95. The summed E-state index contributed by atoms with van der Waals surface area (Å²) in [5.41, 5.74) is 10.2. The number of hydrogen-bond donors (Lipinski definition) is 2. The first-order valence-corrected chi connectivity index (χ1v) is 7.67. The van der Waals surface area contributed by atoms with Gasteiger partial charge in [0.2, 0.25) is 0 Å². The number of hydrogen-bond acceptors (Lipinski definition) is 2. The number of nitrogens with two attached hydrogens (primary N) is 1. The molecule has 4 nitrogen and oxygen atoms in total. The zero-order valence-corrected chi connectivity index (χ0v) is 13.1. The first kappa shape index (κ1) is 15.3. The van der Waals surface area contributed by atoms with Crippen molar-refractivity contribution >= 4 is 16.9 Å². The molecule has 4 heteroatoms. The van der Waals surface area contributed by atoms with E-state index < -0.39 is 12.0 Å². The van der Waals surface area contributed by atoms with E-state index in [0.717, 1.165) is 28.7 Å². The van der Waals surface area contributed by atoms with Crippen LogP contribution in [0.4, 0.5) is 0 Å². The van der Waals surface area contributed by atoms with Crippen molar-refractivity contribution in [2.75, 3.05) is 0 Å². The van der Waals surface area contributed by atoms with E-state index >= 15 is 0 Å². The number of carboxylic acid groups (broad SMARTS) is 1. The molecule has 1 aromatic heterocycles. The van der Waals surface area contributed by atoms with Gasteiger partial charge in [-0.2, -0.15) is 0 Å². The van der Waals surface area contributed by atoms with Gasteiger partial charge in [0.25, 0.3) is 0 Å². The number of carbonyl (C=O) groups is 1. The van der Waals surface area contributed by atoms with Crippen LogP contribution in [0.15, 0.2) is 54.6 Å². The van der Waals surface area contributed by atoms with E-state index in [1.54, 1.807) is 0 Å². The molecule has 1 heterocycles.